The van der Waals surface area contributed by atoms with Gasteiger partial charge in [-0.1, -0.05) is 0 Å². The number of aliphatic carboxylic acids is 2. The second kappa shape index (κ2) is 6.33. The first-order valence-corrected chi connectivity index (χ1v) is 6.97. The smallest absolute Gasteiger partial charge is 0.333 e. The second-order valence-electron chi connectivity index (χ2n) is 3.94. The van der Waals surface area contributed by atoms with E-state index in [-0.39, 0.29) is 10.8 Å². The molecule has 1 aromatic rings. The van der Waals surface area contributed by atoms with Crippen molar-refractivity contribution in [3.8, 4) is 0 Å². The first kappa shape index (κ1) is 16.6. The number of carboxylic acid groups (broad SMARTS) is 2. The maximum atomic E-state index is 11.9. The molecule has 1 amide bonds. The van der Waals surface area contributed by atoms with Crippen LogP contribution in [0.3, 0.4) is 0 Å². The van der Waals surface area contributed by atoms with Crippen molar-refractivity contribution in [2.75, 3.05) is 5.32 Å². The topological polar surface area (TPSA) is 150 Å². The van der Waals surface area contributed by atoms with Gasteiger partial charge in [-0.3, -0.25) is 4.79 Å². The summed E-state index contributed by atoms with van der Waals surface area (Å²) in [4.78, 5) is 31.8. The van der Waals surface area contributed by atoms with Crippen LogP contribution in [0.5, 0.6) is 0 Å². The molecule has 114 valence electrons. The predicted molar refractivity (Wildman–Crippen MR) is 70.1 cm³/mol. The molecule has 0 heterocycles. The molecule has 0 spiro atoms. The summed E-state index contributed by atoms with van der Waals surface area (Å²) in [7, 11) is -4.32. The summed E-state index contributed by atoms with van der Waals surface area (Å²) < 4.78 is 25.3. The number of sulfonamides is 1. The van der Waals surface area contributed by atoms with E-state index < -0.39 is 28.0 Å². The Morgan fingerprint density at radius 3 is 1.90 bits per heavy atom. The van der Waals surface area contributed by atoms with Crippen LogP contribution in [0.2, 0.25) is 0 Å². The Morgan fingerprint density at radius 2 is 1.52 bits per heavy atom. The normalized spacial score (nSPS) is 11.1. The molecule has 0 atom stereocenters. The number of anilines is 1. The largest absolute Gasteiger partial charge is 0.480 e. The van der Waals surface area contributed by atoms with Crippen molar-refractivity contribution >= 4 is 33.6 Å². The van der Waals surface area contributed by atoms with Crippen LogP contribution in [0.1, 0.15) is 6.92 Å². The van der Waals surface area contributed by atoms with Gasteiger partial charge in [0.1, 0.15) is 0 Å². The third kappa shape index (κ3) is 4.54. The monoisotopic (exact) mass is 316 g/mol. The predicted octanol–water partition coefficient (Wildman–Crippen LogP) is -0.539. The molecule has 0 saturated heterocycles. The lowest BCUT2D eigenvalue weighted by Crippen LogP contribution is -2.46. The quantitative estimate of drug-likeness (QED) is 0.515. The van der Waals surface area contributed by atoms with Crippen LogP contribution in [0.25, 0.3) is 0 Å². The van der Waals surface area contributed by atoms with Crippen molar-refractivity contribution < 1.29 is 33.0 Å². The fraction of sp³-hybridized carbons (Fsp3) is 0.182. The van der Waals surface area contributed by atoms with E-state index in [1.165, 1.54) is 19.1 Å². The van der Waals surface area contributed by atoms with Gasteiger partial charge < -0.3 is 15.5 Å². The zero-order valence-electron chi connectivity index (χ0n) is 10.7. The Kier molecular flexibility index (Phi) is 5.00. The Hall–Kier alpha value is -2.46. The van der Waals surface area contributed by atoms with E-state index in [9.17, 15) is 22.8 Å². The first-order valence-electron chi connectivity index (χ1n) is 5.49. The zero-order chi connectivity index (χ0) is 16.2. The van der Waals surface area contributed by atoms with E-state index in [2.05, 4.69) is 5.32 Å². The minimum absolute atomic E-state index is 0.330. The maximum Gasteiger partial charge on any atom is 0.333 e. The summed E-state index contributed by atoms with van der Waals surface area (Å²) in [6.07, 6.45) is 0. The molecule has 0 aliphatic rings. The number of hydrogen-bond acceptors (Lipinski definition) is 5. The van der Waals surface area contributed by atoms with Crippen LogP contribution in [0, 0.1) is 0 Å². The molecule has 9 nitrogen and oxygen atoms in total. The molecule has 0 fully saturated rings. The number of rotatable bonds is 6. The van der Waals surface area contributed by atoms with Gasteiger partial charge >= 0.3 is 11.9 Å². The second-order valence-corrected chi connectivity index (χ2v) is 5.65. The van der Waals surface area contributed by atoms with Crippen molar-refractivity contribution in [3.63, 3.8) is 0 Å². The third-order valence-electron chi connectivity index (χ3n) is 2.25. The van der Waals surface area contributed by atoms with Crippen LogP contribution in [0.4, 0.5) is 5.69 Å². The Bertz CT molecular complexity index is 652. The molecular weight excluding hydrogens is 304 g/mol. The van der Waals surface area contributed by atoms with Gasteiger partial charge in [0.2, 0.25) is 22.0 Å². The summed E-state index contributed by atoms with van der Waals surface area (Å²) in [6, 6.07) is 2.49. The molecular formula is C11H12N2O7S. The first-order chi connectivity index (χ1) is 9.63. The lowest BCUT2D eigenvalue weighted by Gasteiger charge is -2.11. The van der Waals surface area contributed by atoms with Gasteiger partial charge in [-0.05, 0) is 24.3 Å². The summed E-state index contributed by atoms with van der Waals surface area (Å²) in [5, 5.41) is 19.7. The highest BCUT2D eigenvalue weighted by Gasteiger charge is 2.31. The standard InChI is InChI=1S/C11H12N2O7S/c1-6(14)12-7-2-4-8(5-3-7)21(19,20)13-9(10(15)16)11(17)18/h2-5,9,13H,1H3,(H,12,14)(H,15,16)(H,17,18). The highest BCUT2D eigenvalue weighted by molar-refractivity contribution is 7.89. The van der Waals surface area contributed by atoms with Crippen molar-refractivity contribution in [1.29, 1.82) is 0 Å². The van der Waals surface area contributed by atoms with Crippen LogP contribution in [-0.4, -0.2) is 42.5 Å². The van der Waals surface area contributed by atoms with Crippen molar-refractivity contribution in [1.82, 2.24) is 4.72 Å². The number of amides is 1. The Labute approximate surface area is 119 Å². The van der Waals surface area contributed by atoms with E-state index in [4.69, 9.17) is 10.2 Å². The number of benzene rings is 1. The van der Waals surface area contributed by atoms with Gasteiger partial charge in [-0.2, -0.15) is 4.72 Å². The van der Waals surface area contributed by atoms with Crippen molar-refractivity contribution in [3.05, 3.63) is 24.3 Å². The Morgan fingerprint density at radius 1 is 1.05 bits per heavy atom. The molecule has 0 radical (unpaired) electrons. The van der Waals surface area contributed by atoms with E-state index in [1.807, 2.05) is 0 Å². The molecule has 0 bridgehead atoms. The molecule has 21 heavy (non-hydrogen) atoms. The average molecular weight is 316 g/mol. The van der Waals surface area contributed by atoms with Crippen LogP contribution in [0.15, 0.2) is 29.2 Å². The molecule has 0 unspecified atom stereocenters. The Balaban J connectivity index is 3.00. The molecule has 0 saturated carbocycles. The third-order valence-corrected chi connectivity index (χ3v) is 3.69. The van der Waals surface area contributed by atoms with Gasteiger partial charge in [0.05, 0.1) is 4.90 Å². The van der Waals surface area contributed by atoms with Gasteiger partial charge in [-0.25, -0.2) is 18.0 Å². The van der Waals surface area contributed by atoms with Gasteiger partial charge in [0.15, 0.2) is 0 Å². The SMILES string of the molecule is CC(=O)Nc1ccc(S(=O)(=O)NC(C(=O)O)C(=O)O)cc1. The summed E-state index contributed by atoms with van der Waals surface area (Å²) >= 11 is 0. The average Bonchev–Trinajstić information content (AvgIpc) is 2.35. The highest BCUT2D eigenvalue weighted by Crippen LogP contribution is 2.14. The molecule has 0 aliphatic heterocycles. The number of carbonyl (C=O) groups excluding carboxylic acids is 1. The molecule has 0 aliphatic carbocycles. The maximum absolute atomic E-state index is 11.9. The minimum Gasteiger partial charge on any atom is -0.480 e. The molecule has 1 aromatic carbocycles. The number of nitrogens with one attached hydrogen (secondary N) is 2. The molecule has 0 aromatic heterocycles. The van der Waals surface area contributed by atoms with E-state index in [0.717, 1.165) is 12.1 Å². The van der Waals surface area contributed by atoms with Crippen LogP contribution < -0.4 is 10.0 Å². The molecule has 1 rings (SSSR count). The van der Waals surface area contributed by atoms with Crippen LogP contribution in [-0.2, 0) is 24.4 Å². The lowest BCUT2D eigenvalue weighted by atomic mass is 10.3. The van der Waals surface area contributed by atoms with E-state index in [0.29, 0.717) is 5.69 Å². The van der Waals surface area contributed by atoms with Gasteiger partial charge in [0.25, 0.3) is 0 Å². The fourth-order valence-corrected chi connectivity index (χ4v) is 2.49. The summed E-state index contributed by atoms with van der Waals surface area (Å²) in [5.41, 5.74) is 0.342. The highest BCUT2D eigenvalue weighted by atomic mass is 32.2. The number of carbonyl (C=O) groups is 3. The number of carboxylic acids is 2. The summed E-state index contributed by atoms with van der Waals surface area (Å²) in [6.45, 7) is 1.27. The molecule has 4 N–H and O–H groups in total. The summed E-state index contributed by atoms with van der Waals surface area (Å²) in [5.74, 6) is -4.01. The van der Waals surface area contributed by atoms with Crippen LogP contribution >= 0.6 is 0 Å². The van der Waals surface area contributed by atoms with Gasteiger partial charge in [0, 0.05) is 12.6 Å². The van der Waals surface area contributed by atoms with Crippen molar-refractivity contribution in [2.24, 2.45) is 0 Å². The van der Waals surface area contributed by atoms with Crippen molar-refractivity contribution in [2.45, 2.75) is 17.9 Å². The minimum atomic E-state index is -4.32. The fourth-order valence-electron chi connectivity index (χ4n) is 1.35. The zero-order valence-corrected chi connectivity index (χ0v) is 11.5. The number of hydrogen-bond donors (Lipinski definition) is 4. The van der Waals surface area contributed by atoms with Gasteiger partial charge in [-0.15, -0.1) is 0 Å². The molecule has 10 heteroatoms. The van der Waals surface area contributed by atoms with E-state index in [1.54, 1.807) is 4.72 Å². The lowest BCUT2D eigenvalue weighted by molar-refractivity contribution is -0.150. The van der Waals surface area contributed by atoms with E-state index >= 15 is 0 Å².